The van der Waals surface area contributed by atoms with Crippen molar-refractivity contribution in [1.82, 2.24) is 29.5 Å². The number of hydrogen-bond acceptors (Lipinski definition) is 7. The number of carbonyl (C=O) groups excluding carboxylic acids is 1. The number of rotatable bonds is 7. The Bertz CT molecular complexity index is 1330. The van der Waals surface area contributed by atoms with Crippen LogP contribution >= 0.6 is 0 Å². The fourth-order valence-electron chi connectivity index (χ4n) is 4.31. The van der Waals surface area contributed by atoms with Gasteiger partial charge in [-0.05, 0) is 48.9 Å². The lowest BCUT2D eigenvalue weighted by atomic mass is 10.1. The molecule has 10 heteroatoms. The average Bonchev–Trinajstić information content (AvgIpc) is 3.58. The lowest BCUT2D eigenvalue weighted by Crippen LogP contribution is -2.49. The van der Waals surface area contributed by atoms with E-state index in [0.29, 0.717) is 42.4 Å². The molecule has 0 spiro atoms. The number of hydrogen-bond donors (Lipinski definition) is 0. The summed E-state index contributed by atoms with van der Waals surface area (Å²) in [5.74, 6) is 0.335. The van der Waals surface area contributed by atoms with Gasteiger partial charge in [-0.25, -0.2) is 14.4 Å². The van der Waals surface area contributed by atoms with E-state index < -0.39 is 0 Å². The molecule has 4 aromatic rings. The van der Waals surface area contributed by atoms with Crippen molar-refractivity contribution < 1.29 is 18.3 Å². The van der Waals surface area contributed by atoms with Crippen LogP contribution in [0.4, 0.5) is 4.39 Å². The van der Waals surface area contributed by atoms with Crippen LogP contribution in [0, 0.1) is 12.7 Å². The van der Waals surface area contributed by atoms with Gasteiger partial charge in [-0.2, -0.15) is 9.78 Å². The highest BCUT2D eigenvalue weighted by Gasteiger charge is 2.29. The van der Waals surface area contributed by atoms with Gasteiger partial charge < -0.3 is 14.1 Å². The topological polar surface area (TPSA) is 89.5 Å². The molecule has 1 aromatic carbocycles. The number of aromatic nitrogens is 4. The molecule has 0 N–H and O–H groups in total. The maximum Gasteiger partial charge on any atom is 0.257 e. The first kappa shape index (κ1) is 23.8. The minimum absolute atomic E-state index is 0.120. The zero-order valence-corrected chi connectivity index (χ0v) is 20.2. The number of halogens is 1. The summed E-state index contributed by atoms with van der Waals surface area (Å²) >= 11 is 0. The van der Waals surface area contributed by atoms with Crippen molar-refractivity contribution in [3.8, 4) is 28.7 Å². The summed E-state index contributed by atoms with van der Waals surface area (Å²) in [4.78, 5) is 26.9. The van der Waals surface area contributed by atoms with E-state index in [1.807, 2.05) is 11.8 Å². The van der Waals surface area contributed by atoms with E-state index in [1.54, 1.807) is 43.8 Å². The van der Waals surface area contributed by atoms with E-state index in [0.717, 1.165) is 30.8 Å². The molecule has 0 atom stereocenters. The van der Waals surface area contributed by atoms with Gasteiger partial charge in [0.25, 0.3) is 11.9 Å². The maximum absolute atomic E-state index is 13.6. The Morgan fingerprint density at radius 1 is 1.11 bits per heavy atom. The minimum Gasteiger partial charge on any atom is -0.463 e. The van der Waals surface area contributed by atoms with Crippen LogP contribution in [0.15, 0.2) is 59.5 Å². The van der Waals surface area contributed by atoms with E-state index >= 15 is 0 Å². The number of nitrogens with zero attached hydrogens (tertiary/aromatic N) is 6. The molecule has 1 aliphatic rings. The molecule has 0 saturated carbocycles. The standard InChI is InChI=1S/C26H27FN6O3/c1-18-16-28-26(30-23(18)19-5-7-20(27)8-6-19)33-24(22-4-3-14-36-22)21(17-29-33)25(34)32-11-9-31(10-12-32)13-15-35-2/h3-8,14,16-17H,9-13,15H2,1-2H3. The van der Waals surface area contributed by atoms with Crippen molar-refractivity contribution >= 4 is 5.91 Å². The lowest BCUT2D eigenvalue weighted by Gasteiger charge is -2.34. The zero-order valence-electron chi connectivity index (χ0n) is 20.2. The lowest BCUT2D eigenvalue weighted by molar-refractivity contribution is 0.0594. The fraction of sp³-hybridized carbons (Fsp3) is 0.308. The largest absolute Gasteiger partial charge is 0.463 e. The first-order chi connectivity index (χ1) is 17.5. The molecule has 5 rings (SSSR count). The molecule has 1 aliphatic heterocycles. The number of carbonyl (C=O) groups is 1. The van der Waals surface area contributed by atoms with Gasteiger partial charge in [-0.1, -0.05) is 0 Å². The molecular formula is C26H27FN6O3. The first-order valence-electron chi connectivity index (χ1n) is 11.8. The second-order valence-corrected chi connectivity index (χ2v) is 8.63. The molecule has 9 nitrogen and oxygen atoms in total. The molecule has 186 valence electrons. The molecular weight excluding hydrogens is 463 g/mol. The smallest absolute Gasteiger partial charge is 0.257 e. The Balaban J connectivity index is 1.49. The third-order valence-electron chi connectivity index (χ3n) is 6.29. The molecule has 1 amide bonds. The quantitative estimate of drug-likeness (QED) is 0.392. The summed E-state index contributed by atoms with van der Waals surface area (Å²) in [6.07, 6.45) is 4.78. The predicted molar refractivity (Wildman–Crippen MR) is 131 cm³/mol. The number of amides is 1. The Morgan fingerprint density at radius 3 is 2.58 bits per heavy atom. The van der Waals surface area contributed by atoms with Crippen LogP contribution in [0.2, 0.25) is 0 Å². The zero-order chi connectivity index (χ0) is 25.1. The van der Waals surface area contributed by atoms with E-state index in [4.69, 9.17) is 14.1 Å². The van der Waals surface area contributed by atoms with Crippen LogP contribution in [0.3, 0.4) is 0 Å². The maximum atomic E-state index is 13.6. The second kappa shape index (κ2) is 10.4. The van der Waals surface area contributed by atoms with Gasteiger partial charge in [-0.3, -0.25) is 9.69 Å². The van der Waals surface area contributed by atoms with Gasteiger partial charge >= 0.3 is 0 Å². The van der Waals surface area contributed by atoms with Crippen LogP contribution in [0.25, 0.3) is 28.7 Å². The molecule has 0 aliphatic carbocycles. The highest BCUT2D eigenvalue weighted by Crippen LogP contribution is 2.29. The van der Waals surface area contributed by atoms with Gasteiger partial charge in [0.2, 0.25) is 0 Å². The van der Waals surface area contributed by atoms with Crippen molar-refractivity contribution in [2.24, 2.45) is 0 Å². The molecule has 0 radical (unpaired) electrons. The fourth-order valence-corrected chi connectivity index (χ4v) is 4.31. The molecule has 3 aromatic heterocycles. The van der Waals surface area contributed by atoms with Crippen molar-refractivity contribution in [2.75, 3.05) is 46.4 Å². The Labute approximate surface area is 208 Å². The van der Waals surface area contributed by atoms with Gasteiger partial charge in [0, 0.05) is 51.6 Å². The van der Waals surface area contributed by atoms with Crippen LogP contribution in [0.5, 0.6) is 0 Å². The summed E-state index contributed by atoms with van der Waals surface area (Å²) in [5.41, 5.74) is 3.15. The monoisotopic (exact) mass is 490 g/mol. The Hall–Kier alpha value is -3.89. The van der Waals surface area contributed by atoms with Crippen molar-refractivity contribution in [1.29, 1.82) is 0 Å². The first-order valence-corrected chi connectivity index (χ1v) is 11.8. The van der Waals surface area contributed by atoms with Crippen LogP contribution in [0.1, 0.15) is 15.9 Å². The summed E-state index contributed by atoms with van der Waals surface area (Å²) in [5, 5.41) is 4.49. The van der Waals surface area contributed by atoms with E-state index in [-0.39, 0.29) is 17.7 Å². The highest BCUT2D eigenvalue weighted by atomic mass is 19.1. The molecule has 1 saturated heterocycles. The molecule has 0 unspecified atom stereocenters. The number of methoxy groups -OCH3 is 1. The predicted octanol–water partition coefficient (Wildman–Crippen LogP) is 3.44. The van der Waals surface area contributed by atoms with Crippen molar-refractivity contribution in [3.05, 3.63) is 72.0 Å². The SMILES string of the molecule is COCCN1CCN(C(=O)c2cnn(-c3ncc(C)c(-c4ccc(F)cc4)n3)c2-c2ccco2)CC1. The molecule has 0 bridgehead atoms. The molecule has 1 fully saturated rings. The highest BCUT2D eigenvalue weighted by molar-refractivity contribution is 5.99. The summed E-state index contributed by atoms with van der Waals surface area (Å²) in [6.45, 7) is 6.18. The van der Waals surface area contributed by atoms with Crippen molar-refractivity contribution in [3.63, 3.8) is 0 Å². The van der Waals surface area contributed by atoms with E-state index in [9.17, 15) is 9.18 Å². The van der Waals surface area contributed by atoms with Gasteiger partial charge in [-0.15, -0.1) is 0 Å². The summed E-state index contributed by atoms with van der Waals surface area (Å²) < 4.78 is 25.8. The van der Waals surface area contributed by atoms with Crippen LogP contribution < -0.4 is 0 Å². The van der Waals surface area contributed by atoms with Crippen LogP contribution in [-0.2, 0) is 4.74 Å². The third kappa shape index (κ3) is 4.77. The number of aryl methyl sites for hydroxylation is 1. The molecule has 4 heterocycles. The van der Waals surface area contributed by atoms with E-state index in [1.165, 1.54) is 23.0 Å². The Kier molecular flexibility index (Phi) is 6.88. The number of piperazine rings is 1. The Morgan fingerprint density at radius 2 is 1.89 bits per heavy atom. The third-order valence-corrected chi connectivity index (χ3v) is 6.29. The summed E-state index contributed by atoms with van der Waals surface area (Å²) in [6, 6.07) is 9.67. The van der Waals surface area contributed by atoms with Gasteiger partial charge in [0.05, 0.1) is 30.3 Å². The summed E-state index contributed by atoms with van der Waals surface area (Å²) in [7, 11) is 1.69. The molecule has 36 heavy (non-hydrogen) atoms. The number of furan rings is 1. The average molecular weight is 491 g/mol. The minimum atomic E-state index is -0.319. The van der Waals surface area contributed by atoms with Gasteiger partial charge in [0.1, 0.15) is 11.5 Å². The second-order valence-electron chi connectivity index (χ2n) is 8.63. The van der Waals surface area contributed by atoms with Gasteiger partial charge in [0.15, 0.2) is 5.76 Å². The van der Waals surface area contributed by atoms with Crippen LogP contribution in [-0.4, -0.2) is 81.9 Å². The van der Waals surface area contributed by atoms with Crippen molar-refractivity contribution in [2.45, 2.75) is 6.92 Å². The number of ether oxygens (including phenoxy) is 1. The number of benzene rings is 1. The normalized spacial score (nSPS) is 14.4. The van der Waals surface area contributed by atoms with E-state index in [2.05, 4.69) is 15.0 Å².